The van der Waals surface area contributed by atoms with Crippen LogP contribution in [-0.2, 0) is 0 Å². The van der Waals surface area contributed by atoms with Crippen LogP contribution in [0.5, 0.6) is 11.6 Å². The zero-order valence-electron chi connectivity index (χ0n) is 8.93. The van der Waals surface area contributed by atoms with Gasteiger partial charge in [0.2, 0.25) is 5.88 Å². The van der Waals surface area contributed by atoms with Crippen molar-refractivity contribution < 1.29 is 14.6 Å². The summed E-state index contributed by atoms with van der Waals surface area (Å²) in [7, 11) is 0. The summed E-state index contributed by atoms with van der Waals surface area (Å²) < 4.78 is 5.39. The molecule has 2 rings (SSSR count). The van der Waals surface area contributed by atoms with Crippen LogP contribution in [0, 0.1) is 0 Å². The average Bonchev–Trinajstić information content (AvgIpc) is 2.34. The van der Waals surface area contributed by atoms with E-state index in [0.29, 0.717) is 15.8 Å². The Morgan fingerprint density at radius 3 is 2.72 bits per heavy atom. The van der Waals surface area contributed by atoms with Gasteiger partial charge in [-0.25, -0.2) is 9.78 Å². The molecule has 0 fully saturated rings. The molecule has 0 spiro atoms. The summed E-state index contributed by atoms with van der Waals surface area (Å²) in [4.78, 5) is 14.6. The van der Waals surface area contributed by atoms with E-state index in [1.807, 2.05) is 0 Å². The topological polar surface area (TPSA) is 59.4 Å². The molecule has 0 unspecified atom stereocenters. The summed E-state index contributed by atoms with van der Waals surface area (Å²) in [5.74, 6) is -0.670. The number of ether oxygens (including phenoxy) is 1. The van der Waals surface area contributed by atoms with Crippen molar-refractivity contribution in [1.29, 1.82) is 0 Å². The number of benzene rings is 1. The van der Waals surface area contributed by atoms with Gasteiger partial charge >= 0.3 is 5.97 Å². The van der Waals surface area contributed by atoms with Crippen molar-refractivity contribution in [2.24, 2.45) is 0 Å². The first-order valence-electron chi connectivity index (χ1n) is 4.89. The van der Waals surface area contributed by atoms with Gasteiger partial charge in [0.25, 0.3) is 0 Å². The molecule has 4 nitrogen and oxygen atoms in total. The number of carboxylic acids is 1. The Morgan fingerprint density at radius 2 is 2.00 bits per heavy atom. The number of aromatic carboxylic acids is 1. The van der Waals surface area contributed by atoms with Crippen molar-refractivity contribution in [1.82, 2.24) is 4.98 Å². The molecule has 0 atom stereocenters. The van der Waals surface area contributed by atoms with Crippen LogP contribution in [0.15, 0.2) is 36.4 Å². The van der Waals surface area contributed by atoms with E-state index in [0.717, 1.165) is 0 Å². The summed E-state index contributed by atoms with van der Waals surface area (Å²) in [6, 6.07) is 9.17. The maximum atomic E-state index is 10.8. The zero-order valence-corrected chi connectivity index (χ0v) is 10.4. The second kappa shape index (κ2) is 5.25. The maximum absolute atomic E-state index is 10.8. The second-order valence-corrected chi connectivity index (χ2v) is 4.19. The van der Waals surface area contributed by atoms with Gasteiger partial charge in [-0.3, -0.25) is 0 Å². The van der Waals surface area contributed by atoms with Crippen LogP contribution in [-0.4, -0.2) is 16.1 Å². The monoisotopic (exact) mass is 283 g/mol. The van der Waals surface area contributed by atoms with E-state index in [4.69, 9.17) is 33.0 Å². The molecule has 0 saturated carbocycles. The molecule has 0 aliphatic carbocycles. The summed E-state index contributed by atoms with van der Waals surface area (Å²) in [5.41, 5.74) is -0.106. The van der Waals surface area contributed by atoms with E-state index in [2.05, 4.69) is 4.98 Å². The Kier molecular flexibility index (Phi) is 3.69. The third kappa shape index (κ3) is 2.91. The standard InChI is InChI=1S/C12H7Cl2NO3/c13-7-4-5-8(14)10(6-7)18-11-3-1-2-9(15-11)12(16)17/h1-6H,(H,16,17). The van der Waals surface area contributed by atoms with Gasteiger partial charge in [-0.2, -0.15) is 0 Å². The highest BCUT2D eigenvalue weighted by Crippen LogP contribution is 2.31. The van der Waals surface area contributed by atoms with E-state index < -0.39 is 5.97 Å². The van der Waals surface area contributed by atoms with Gasteiger partial charge in [0.1, 0.15) is 5.75 Å². The van der Waals surface area contributed by atoms with Crippen molar-refractivity contribution in [2.75, 3.05) is 0 Å². The summed E-state index contributed by atoms with van der Waals surface area (Å²) in [6.45, 7) is 0. The van der Waals surface area contributed by atoms with E-state index in [1.165, 1.54) is 24.3 Å². The summed E-state index contributed by atoms with van der Waals surface area (Å²) in [6.07, 6.45) is 0. The Hall–Kier alpha value is -1.78. The molecule has 0 aliphatic rings. The largest absolute Gasteiger partial charge is 0.477 e. The number of rotatable bonds is 3. The number of hydrogen-bond acceptors (Lipinski definition) is 3. The van der Waals surface area contributed by atoms with Gasteiger partial charge in [0.05, 0.1) is 5.02 Å². The molecule has 1 aromatic carbocycles. The lowest BCUT2D eigenvalue weighted by Crippen LogP contribution is -2.00. The lowest BCUT2D eigenvalue weighted by atomic mass is 10.3. The Morgan fingerprint density at radius 1 is 1.22 bits per heavy atom. The van der Waals surface area contributed by atoms with E-state index in [9.17, 15) is 4.79 Å². The fourth-order valence-electron chi connectivity index (χ4n) is 1.26. The highest BCUT2D eigenvalue weighted by molar-refractivity contribution is 6.34. The maximum Gasteiger partial charge on any atom is 0.354 e. The van der Waals surface area contributed by atoms with E-state index in [1.54, 1.807) is 12.1 Å². The van der Waals surface area contributed by atoms with Crippen LogP contribution >= 0.6 is 23.2 Å². The van der Waals surface area contributed by atoms with Gasteiger partial charge in [-0.05, 0) is 18.2 Å². The molecular weight excluding hydrogens is 277 g/mol. The molecule has 2 aromatic rings. The number of aromatic nitrogens is 1. The minimum atomic E-state index is -1.13. The predicted octanol–water partition coefficient (Wildman–Crippen LogP) is 3.88. The highest BCUT2D eigenvalue weighted by atomic mass is 35.5. The smallest absolute Gasteiger partial charge is 0.354 e. The van der Waals surface area contributed by atoms with Gasteiger partial charge < -0.3 is 9.84 Å². The van der Waals surface area contributed by atoms with Gasteiger partial charge in [0.15, 0.2) is 5.69 Å². The fraction of sp³-hybridized carbons (Fsp3) is 0. The average molecular weight is 284 g/mol. The highest BCUT2D eigenvalue weighted by Gasteiger charge is 2.08. The Labute approximate surface area is 113 Å². The molecule has 0 amide bonds. The molecular formula is C12H7Cl2NO3. The van der Waals surface area contributed by atoms with Crippen LogP contribution in [0.2, 0.25) is 10.0 Å². The number of carboxylic acid groups (broad SMARTS) is 1. The molecule has 0 bridgehead atoms. The Balaban J connectivity index is 2.31. The molecule has 1 aromatic heterocycles. The van der Waals surface area contributed by atoms with Gasteiger partial charge in [-0.15, -0.1) is 0 Å². The van der Waals surface area contributed by atoms with Crippen LogP contribution in [0.4, 0.5) is 0 Å². The lowest BCUT2D eigenvalue weighted by Gasteiger charge is -2.07. The van der Waals surface area contributed by atoms with Crippen LogP contribution < -0.4 is 4.74 Å². The van der Waals surface area contributed by atoms with E-state index in [-0.39, 0.29) is 11.6 Å². The first kappa shape index (κ1) is 12.7. The van der Waals surface area contributed by atoms with Crippen LogP contribution in [0.25, 0.3) is 0 Å². The number of halogens is 2. The van der Waals surface area contributed by atoms with Crippen LogP contribution in [0.1, 0.15) is 10.5 Å². The van der Waals surface area contributed by atoms with Crippen molar-refractivity contribution in [2.45, 2.75) is 0 Å². The molecule has 0 aliphatic heterocycles. The van der Waals surface area contributed by atoms with Crippen molar-refractivity contribution in [3.05, 3.63) is 52.1 Å². The summed E-state index contributed by atoms with van der Waals surface area (Å²) >= 11 is 11.7. The first-order chi connectivity index (χ1) is 8.56. The molecule has 1 N–H and O–H groups in total. The molecule has 1 heterocycles. The van der Waals surface area contributed by atoms with Crippen molar-refractivity contribution >= 4 is 29.2 Å². The van der Waals surface area contributed by atoms with Crippen molar-refractivity contribution in [3.8, 4) is 11.6 Å². The minimum absolute atomic E-state index is 0.106. The number of hydrogen-bond donors (Lipinski definition) is 1. The lowest BCUT2D eigenvalue weighted by molar-refractivity contribution is 0.0689. The number of pyridine rings is 1. The quantitative estimate of drug-likeness (QED) is 0.929. The van der Waals surface area contributed by atoms with E-state index >= 15 is 0 Å². The van der Waals surface area contributed by atoms with Gasteiger partial charge in [-0.1, -0.05) is 29.3 Å². The third-order valence-electron chi connectivity index (χ3n) is 2.05. The molecule has 0 radical (unpaired) electrons. The minimum Gasteiger partial charge on any atom is -0.477 e. The second-order valence-electron chi connectivity index (χ2n) is 3.34. The van der Waals surface area contributed by atoms with Crippen LogP contribution in [0.3, 0.4) is 0 Å². The summed E-state index contributed by atoms with van der Waals surface area (Å²) in [5, 5.41) is 9.63. The van der Waals surface area contributed by atoms with Gasteiger partial charge in [0, 0.05) is 17.2 Å². The van der Waals surface area contributed by atoms with Crippen molar-refractivity contribution in [3.63, 3.8) is 0 Å². The molecule has 0 saturated heterocycles. The SMILES string of the molecule is O=C(O)c1cccc(Oc2cc(Cl)ccc2Cl)n1. The number of nitrogens with zero attached hydrogens (tertiary/aromatic N) is 1. The third-order valence-corrected chi connectivity index (χ3v) is 2.60. The fourth-order valence-corrected chi connectivity index (χ4v) is 1.58. The molecule has 6 heteroatoms. The molecule has 18 heavy (non-hydrogen) atoms. The Bertz CT molecular complexity index is 602. The normalized spacial score (nSPS) is 10.1. The predicted molar refractivity (Wildman–Crippen MR) is 67.7 cm³/mol. The molecule has 92 valence electrons. The first-order valence-corrected chi connectivity index (χ1v) is 5.65. The number of carbonyl (C=O) groups is 1. The zero-order chi connectivity index (χ0) is 13.1.